The van der Waals surface area contributed by atoms with E-state index in [9.17, 15) is 4.79 Å². The number of likely N-dealkylation sites (N-methyl/N-ethyl adjacent to an activating group) is 1. The Bertz CT molecular complexity index is 256. The first-order valence-electron chi connectivity index (χ1n) is 7.25. The summed E-state index contributed by atoms with van der Waals surface area (Å²) >= 11 is 0. The van der Waals surface area contributed by atoms with Crippen molar-refractivity contribution in [2.45, 2.75) is 46.1 Å². The highest BCUT2D eigenvalue weighted by Gasteiger charge is 2.25. The lowest BCUT2D eigenvalue weighted by molar-refractivity contribution is -0.139. The van der Waals surface area contributed by atoms with E-state index >= 15 is 0 Å². The molecule has 5 heteroatoms. The maximum absolute atomic E-state index is 10.8. The number of hydrogen-bond donors (Lipinski definition) is 1. The Morgan fingerprint density at radius 3 is 2.37 bits per heavy atom. The number of carboxylic acid groups (broad SMARTS) is 1. The van der Waals surface area contributed by atoms with Crippen LogP contribution in [0, 0.1) is 5.92 Å². The summed E-state index contributed by atoms with van der Waals surface area (Å²) in [6.45, 7) is 11.0. The number of aliphatic carboxylic acids is 1. The Balaban J connectivity index is 0.00000324. The summed E-state index contributed by atoms with van der Waals surface area (Å²) in [4.78, 5) is 15.4. The molecule has 19 heavy (non-hydrogen) atoms. The second kappa shape index (κ2) is 9.56. The van der Waals surface area contributed by atoms with Gasteiger partial charge in [-0.25, -0.2) is 0 Å². The first-order chi connectivity index (χ1) is 8.56. The topological polar surface area (TPSA) is 43.8 Å². The molecule has 0 spiro atoms. The summed E-state index contributed by atoms with van der Waals surface area (Å²) in [6.07, 6.45) is 3.45. The molecular formula is C14H29ClN2O2. The molecule has 0 aromatic rings. The Morgan fingerprint density at radius 2 is 1.95 bits per heavy atom. The number of likely N-dealkylation sites (tertiary alicyclic amines) is 1. The molecule has 0 radical (unpaired) electrons. The Morgan fingerprint density at radius 1 is 1.37 bits per heavy atom. The predicted molar refractivity (Wildman–Crippen MR) is 81.0 cm³/mol. The molecule has 1 unspecified atom stereocenters. The average Bonchev–Trinajstić information content (AvgIpc) is 2.36. The fourth-order valence-electron chi connectivity index (χ4n) is 2.71. The van der Waals surface area contributed by atoms with Crippen molar-refractivity contribution in [1.82, 2.24) is 9.80 Å². The molecule has 1 rings (SSSR count). The number of piperidine rings is 1. The summed E-state index contributed by atoms with van der Waals surface area (Å²) in [6, 6.07) is 0.458. The van der Waals surface area contributed by atoms with Gasteiger partial charge in [0.05, 0.1) is 6.54 Å². The molecule has 1 heterocycles. The normalized spacial score (nSPS) is 19.2. The van der Waals surface area contributed by atoms with Crippen molar-refractivity contribution in [3.63, 3.8) is 0 Å². The van der Waals surface area contributed by atoms with Crippen LogP contribution in [-0.2, 0) is 4.79 Å². The van der Waals surface area contributed by atoms with Crippen molar-refractivity contribution in [3.8, 4) is 0 Å². The Kier molecular flexibility index (Phi) is 9.40. The van der Waals surface area contributed by atoms with E-state index in [1.807, 2.05) is 0 Å². The third-order valence-corrected chi connectivity index (χ3v) is 4.08. The van der Waals surface area contributed by atoms with Crippen LogP contribution in [0.25, 0.3) is 0 Å². The van der Waals surface area contributed by atoms with Gasteiger partial charge in [0.25, 0.3) is 0 Å². The first kappa shape index (κ1) is 18.7. The molecule has 1 N–H and O–H groups in total. The van der Waals surface area contributed by atoms with Gasteiger partial charge in [0, 0.05) is 12.6 Å². The second-order valence-electron chi connectivity index (χ2n) is 5.50. The van der Waals surface area contributed by atoms with Gasteiger partial charge in [-0.3, -0.25) is 9.69 Å². The Labute approximate surface area is 123 Å². The van der Waals surface area contributed by atoms with Crippen molar-refractivity contribution >= 4 is 18.4 Å². The minimum Gasteiger partial charge on any atom is -0.480 e. The van der Waals surface area contributed by atoms with Gasteiger partial charge < -0.3 is 10.0 Å². The molecule has 1 aliphatic heterocycles. The summed E-state index contributed by atoms with van der Waals surface area (Å²) < 4.78 is 0. The van der Waals surface area contributed by atoms with Gasteiger partial charge in [-0.15, -0.1) is 12.4 Å². The van der Waals surface area contributed by atoms with Gasteiger partial charge in [0.1, 0.15) is 0 Å². The zero-order chi connectivity index (χ0) is 13.5. The highest BCUT2D eigenvalue weighted by atomic mass is 35.5. The molecule has 114 valence electrons. The summed E-state index contributed by atoms with van der Waals surface area (Å²) in [5.74, 6) is 0.0572. The number of carboxylic acids is 1. The number of carbonyl (C=O) groups is 1. The molecule has 0 saturated carbocycles. The van der Waals surface area contributed by atoms with Gasteiger partial charge in [-0.05, 0) is 38.4 Å². The summed E-state index contributed by atoms with van der Waals surface area (Å²) in [5.41, 5.74) is 0. The van der Waals surface area contributed by atoms with Crippen LogP contribution in [0.2, 0.25) is 0 Å². The maximum atomic E-state index is 10.8. The molecule has 1 saturated heterocycles. The molecule has 1 atom stereocenters. The molecule has 1 fully saturated rings. The van der Waals surface area contributed by atoms with Gasteiger partial charge in [-0.1, -0.05) is 27.2 Å². The molecule has 0 aromatic carbocycles. The van der Waals surface area contributed by atoms with Crippen molar-refractivity contribution in [2.75, 3.05) is 32.7 Å². The quantitative estimate of drug-likeness (QED) is 0.782. The van der Waals surface area contributed by atoms with E-state index in [4.69, 9.17) is 5.11 Å². The number of hydrogen-bond acceptors (Lipinski definition) is 3. The van der Waals surface area contributed by atoms with Crippen LogP contribution >= 0.6 is 12.4 Å². The van der Waals surface area contributed by atoms with Crippen LogP contribution in [0.1, 0.15) is 40.0 Å². The van der Waals surface area contributed by atoms with Crippen molar-refractivity contribution in [1.29, 1.82) is 0 Å². The molecular weight excluding hydrogens is 264 g/mol. The highest BCUT2D eigenvalue weighted by Crippen LogP contribution is 2.17. The van der Waals surface area contributed by atoms with Crippen molar-refractivity contribution < 1.29 is 9.90 Å². The molecule has 0 aliphatic carbocycles. The average molecular weight is 293 g/mol. The largest absolute Gasteiger partial charge is 0.480 e. The summed E-state index contributed by atoms with van der Waals surface area (Å²) in [7, 11) is 0. The number of halogens is 1. The van der Waals surface area contributed by atoms with Crippen LogP contribution in [0.4, 0.5) is 0 Å². The minimum absolute atomic E-state index is 0. The monoisotopic (exact) mass is 292 g/mol. The van der Waals surface area contributed by atoms with Crippen LogP contribution in [-0.4, -0.2) is 59.6 Å². The van der Waals surface area contributed by atoms with E-state index < -0.39 is 5.97 Å². The molecule has 4 nitrogen and oxygen atoms in total. The van der Waals surface area contributed by atoms with Gasteiger partial charge >= 0.3 is 5.97 Å². The Hall–Kier alpha value is -0.320. The highest BCUT2D eigenvalue weighted by molar-refractivity contribution is 5.85. The smallest absolute Gasteiger partial charge is 0.317 e. The third kappa shape index (κ3) is 6.59. The zero-order valence-corrected chi connectivity index (χ0v) is 13.3. The van der Waals surface area contributed by atoms with E-state index in [0.29, 0.717) is 6.04 Å². The van der Waals surface area contributed by atoms with E-state index in [1.54, 1.807) is 0 Å². The zero-order valence-electron chi connectivity index (χ0n) is 12.5. The fraction of sp³-hybridized carbons (Fsp3) is 0.929. The second-order valence-corrected chi connectivity index (χ2v) is 5.50. The SMILES string of the molecule is CCC(C)CN1CCC(N(CC)CC(=O)O)CC1.Cl. The van der Waals surface area contributed by atoms with Gasteiger partial charge in [0.15, 0.2) is 0 Å². The first-order valence-corrected chi connectivity index (χ1v) is 7.25. The number of nitrogens with zero attached hydrogens (tertiary/aromatic N) is 2. The predicted octanol–water partition coefficient (Wildman–Crippen LogP) is 2.33. The van der Waals surface area contributed by atoms with E-state index in [1.165, 1.54) is 13.0 Å². The maximum Gasteiger partial charge on any atom is 0.317 e. The van der Waals surface area contributed by atoms with Crippen LogP contribution in [0.3, 0.4) is 0 Å². The minimum atomic E-state index is -0.709. The molecule has 0 amide bonds. The van der Waals surface area contributed by atoms with E-state index in [2.05, 4.69) is 30.6 Å². The van der Waals surface area contributed by atoms with Gasteiger partial charge in [-0.2, -0.15) is 0 Å². The lowest BCUT2D eigenvalue weighted by Gasteiger charge is -2.38. The van der Waals surface area contributed by atoms with Crippen molar-refractivity contribution in [3.05, 3.63) is 0 Å². The van der Waals surface area contributed by atoms with E-state index in [-0.39, 0.29) is 19.0 Å². The lowest BCUT2D eigenvalue weighted by Crippen LogP contribution is -2.47. The third-order valence-electron chi connectivity index (χ3n) is 4.08. The molecule has 0 aromatic heterocycles. The van der Waals surface area contributed by atoms with Crippen LogP contribution in [0.15, 0.2) is 0 Å². The van der Waals surface area contributed by atoms with Crippen LogP contribution < -0.4 is 0 Å². The van der Waals surface area contributed by atoms with Crippen LogP contribution in [0.5, 0.6) is 0 Å². The molecule has 0 bridgehead atoms. The number of rotatable bonds is 7. The lowest BCUT2D eigenvalue weighted by atomic mass is 10.0. The van der Waals surface area contributed by atoms with Crippen molar-refractivity contribution in [2.24, 2.45) is 5.92 Å². The van der Waals surface area contributed by atoms with E-state index in [0.717, 1.165) is 38.4 Å². The molecule has 1 aliphatic rings. The fourth-order valence-corrected chi connectivity index (χ4v) is 2.71. The van der Waals surface area contributed by atoms with Gasteiger partial charge in [0.2, 0.25) is 0 Å². The summed E-state index contributed by atoms with van der Waals surface area (Å²) in [5, 5.41) is 8.90. The standard InChI is InChI=1S/C14H28N2O2.ClH/c1-4-12(3)10-15-8-6-13(7-9-15)16(5-2)11-14(17)18;/h12-13H,4-11H2,1-3H3,(H,17,18);1H.